The van der Waals surface area contributed by atoms with Crippen LogP contribution in [0.3, 0.4) is 0 Å². The highest BCUT2D eigenvalue weighted by Crippen LogP contribution is 2.42. The smallest absolute Gasteiger partial charge is 0.209 e. The van der Waals surface area contributed by atoms with Gasteiger partial charge in [-0.25, -0.2) is 23.7 Å². The minimum atomic E-state index is -1.01. The van der Waals surface area contributed by atoms with Crippen LogP contribution >= 0.6 is 0 Å². The molecule has 148 valence electrons. The number of aromatic nitrogens is 4. The number of nitrogens with two attached hydrogens (primary N) is 1. The lowest BCUT2D eigenvalue weighted by Gasteiger charge is -2.12. The number of halogens is 2. The third-order valence-electron chi connectivity index (χ3n) is 5.49. The van der Waals surface area contributed by atoms with Crippen molar-refractivity contribution in [1.29, 1.82) is 0 Å². The molecule has 0 aliphatic heterocycles. The van der Waals surface area contributed by atoms with Gasteiger partial charge in [-0.05, 0) is 62.6 Å². The summed E-state index contributed by atoms with van der Waals surface area (Å²) in [5.41, 5.74) is 5.92. The van der Waals surface area contributed by atoms with Gasteiger partial charge < -0.3 is 15.4 Å². The number of benzene rings is 1. The molecule has 3 N–H and O–H groups in total. The second kappa shape index (κ2) is 6.49. The molecule has 2 saturated carbocycles. The maximum absolute atomic E-state index is 14.4. The standard InChI is InChI=1S/C21H19F2N5O/c22-12-3-6-15(23)14(11-12)19-27-17-18(24)25-16(7-10-21(29)8-1-2-9-21)26-20(17)28(19)13-4-5-13/h3,6,11,13,29H,1-2,4-5,8-9H2,(H2,24,25,26). The van der Waals surface area contributed by atoms with Crippen LogP contribution in [-0.2, 0) is 0 Å². The van der Waals surface area contributed by atoms with E-state index in [1.807, 2.05) is 0 Å². The zero-order chi connectivity index (χ0) is 20.2. The van der Waals surface area contributed by atoms with E-state index in [1.54, 1.807) is 4.57 Å². The van der Waals surface area contributed by atoms with Crippen LogP contribution in [0.4, 0.5) is 14.6 Å². The summed E-state index contributed by atoms with van der Waals surface area (Å²) in [6.45, 7) is 0. The van der Waals surface area contributed by atoms with Crippen LogP contribution in [0.25, 0.3) is 22.6 Å². The van der Waals surface area contributed by atoms with E-state index in [0.717, 1.165) is 43.9 Å². The highest BCUT2D eigenvalue weighted by Gasteiger charge is 2.32. The molecule has 2 heterocycles. The highest BCUT2D eigenvalue weighted by atomic mass is 19.1. The van der Waals surface area contributed by atoms with Crippen LogP contribution in [0.1, 0.15) is 50.4 Å². The number of rotatable bonds is 2. The predicted molar refractivity (Wildman–Crippen MR) is 104 cm³/mol. The number of nitrogens with zero attached hydrogens (tertiary/aromatic N) is 4. The summed E-state index contributed by atoms with van der Waals surface area (Å²) in [4.78, 5) is 13.1. The summed E-state index contributed by atoms with van der Waals surface area (Å²) in [6.07, 6.45) is 4.90. The first kappa shape index (κ1) is 18.0. The van der Waals surface area contributed by atoms with E-state index in [-0.39, 0.29) is 29.1 Å². The average molecular weight is 395 g/mol. The zero-order valence-corrected chi connectivity index (χ0v) is 15.6. The first-order valence-electron chi connectivity index (χ1n) is 9.70. The first-order valence-corrected chi connectivity index (χ1v) is 9.70. The summed E-state index contributed by atoms with van der Waals surface area (Å²) >= 11 is 0. The van der Waals surface area contributed by atoms with Crippen molar-refractivity contribution in [3.05, 3.63) is 35.7 Å². The van der Waals surface area contributed by atoms with Crippen molar-refractivity contribution in [3.8, 4) is 23.2 Å². The molecule has 6 nitrogen and oxygen atoms in total. The van der Waals surface area contributed by atoms with Crippen molar-refractivity contribution >= 4 is 17.0 Å². The molecule has 1 aromatic carbocycles. The lowest BCUT2D eigenvalue weighted by atomic mass is 10.0. The maximum Gasteiger partial charge on any atom is 0.209 e. The Balaban J connectivity index is 1.68. The molecule has 0 saturated heterocycles. The van der Waals surface area contributed by atoms with Crippen LogP contribution in [0, 0.1) is 23.5 Å². The molecular weight excluding hydrogens is 376 g/mol. The van der Waals surface area contributed by atoms with E-state index >= 15 is 0 Å². The molecule has 0 unspecified atom stereocenters. The molecule has 3 aromatic rings. The topological polar surface area (TPSA) is 89.8 Å². The molecule has 0 spiro atoms. The van der Waals surface area contributed by atoms with Crippen LogP contribution in [0.15, 0.2) is 18.2 Å². The second-order valence-electron chi connectivity index (χ2n) is 7.75. The van der Waals surface area contributed by atoms with E-state index < -0.39 is 17.2 Å². The number of imidazole rings is 1. The molecule has 0 bridgehead atoms. The third-order valence-corrected chi connectivity index (χ3v) is 5.49. The summed E-state index contributed by atoms with van der Waals surface area (Å²) in [5, 5.41) is 10.4. The summed E-state index contributed by atoms with van der Waals surface area (Å²) in [5.74, 6) is 5.17. The number of nitrogen functional groups attached to an aromatic ring is 1. The minimum absolute atomic E-state index is 0.0576. The Hall–Kier alpha value is -3.05. The number of anilines is 1. The van der Waals surface area contributed by atoms with E-state index in [0.29, 0.717) is 24.0 Å². The van der Waals surface area contributed by atoms with Gasteiger partial charge in [-0.15, -0.1) is 0 Å². The minimum Gasteiger partial charge on any atom is -0.382 e. The van der Waals surface area contributed by atoms with E-state index in [1.165, 1.54) is 0 Å². The molecule has 2 aromatic heterocycles. The second-order valence-corrected chi connectivity index (χ2v) is 7.75. The third kappa shape index (κ3) is 3.21. The van der Waals surface area contributed by atoms with E-state index in [4.69, 9.17) is 5.73 Å². The summed E-state index contributed by atoms with van der Waals surface area (Å²) < 4.78 is 30.0. The fourth-order valence-electron chi connectivity index (χ4n) is 3.85. The Labute approximate surface area is 165 Å². The van der Waals surface area contributed by atoms with Gasteiger partial charge in [0.2, 0.25) is 5.82 Å². The molecule has 5 rings (SSSR count). The largest absolute Gasteiger partial charge is 0.382 e. The monoisotopic (exact) mass is 395 g/mol. The fourth-order valence-corrected chi connectivity index (χ4v) is 3.85. The first-order chi connectivity index (χ1) is 13.9. The lowest BCUT2D eigenvalue weighted by molar-refractivity contribution is 0.110. The Morgan fingerprint density at radius 2 is 1.90 bits per heavy atom. The predicted octanol–water partition coefficient (Wildman–Crippen LogP) is 3.35. The van der Waals surface area contributed by atoms with Gasteiger partial charge in [0.15, 0.2) is 17.0 Å². The number of aliphatic hydroxyl groups is 1. The van der Waals surface area contributed by atoms with Gasteiger partial charge in [0.1, 0.15) is 23.1 Å². The Morgan fingerprint density at radius 3 is 2.62 bits per heavy atom. The van der Waals surface area contributed by atoms with Crippen LogP contribution in [0.5, 0.6) is 0 Å². The molecule has 2 fully saturated rings. The number of fused-ring (bicyclic) bond motifs is 1. The summed E-state index contributed by atoms with van der Waals surface area (Å²) in [7, 11) is 0. The van der Waals surface area contributed by atoms with Crippen molar-refractivity contribution in [3.63, 3.8) is 0 Å². The van der Waals surface area contributed by atoms with Gasteiger partial charge in [-0.1, -0.05) is 5.92 Å². The quantitative estimate of drug-likeness (QED) is 0.650. The summed E-state index contributed by atoms with van der Waals surface area (Å²) in [6, 6.07) is 3.36. The van der Waals surface area contributed by atoms with Crippen molar-refractivity contribution in [1.82, 2.24) is 19.5 Å². The molecule has 29 heavy (non-hydrogen) atoms. The maximum atomic E-state index is 14.4. The Bertz CT molecular complexity index is 1180. The van der Waals surface area contributed by atoms with Crippen molar-refractivity contribution < 1.29 is 13.9 Å². The molecule has 0 radical (unpaired) electrons. The Morgan fingerprint density at radius 1 is 1.14 bits per heavy atom. The van der Waals surface area contributed by atoms with Crippen LogP contribution < -0.4 is 5.73 Å². The molecule has 8 heteroatoms. The zero-order valence-electron chi connectivity index (χ0n) is 15.6. The molecule has 0 atom stereocenters. The van der Waals surface area contributed by atoms with Gasteiger partial charge in [-0.2, -0.15) is 0 Å². The molecular formula is C21H19F2N5O. The van der Waals surface area contributed by atoms with Gasteiger partial charge in [0, 0.05) is 6.04 Å². The fraction of sp³-hybridized carbons (Fsp3) is 0.381. The SMILES string of the molecule is Nc1nc(C#CC2(O)CCCC2)nc2c1nc(-c1cc(F)ccc1F)n2C1CC1. The van der Waals surface area contributed by atoms with Crippen molar-refractivity contribution in [2.75, 3.05) is 5.73 Å². The Kier molecular flexibility index (Phi) is 4.03. The highest BCUT2D eigenvalue weighted by molar-refractivity contribution is 5.86. The van der Waals surface area contributed by atoms with Gasteiger partial charge in [0.25, 0.3) is 0 Å². The number of hydrogen-bond acceptors (Lipinski definition) is 5. The van der Waals surface area contributed by atoms with Gasteiger partial charge in [-0.3, -0.25) is 0 Å². The van der Waals surface area contributed by atoms with Crippen molar-refractivity contribution in [2.45, 2.75) is 50.2 Å². The van der Waals surface area contributed by atoms with Crippen LogP contribution in [0.2, 0.25) is 0 Å². The number of hydrogen-bond donors (Lipinski definition) is 2. The normalized spacial score (nSPS) is 18.0. The van der Waals surface area contributed by atoms with Crippen LogP contribution in [-0.4, -0.2) is 30.2 Å². The van der Waals surface area contributed by atoms with E-state index in [2.05, 4.69) is 26.8 Å². The average Bonchev–Trinajstić information content (AvgIpc) is 3.31. The lowest BCUT2D eigenvalue weighted by Crippen LogP contribution is -2.20. The van der Waals surface area contributed by atoms with Crippen molar-refractivity contribution in [2.24, 2.45) is 0 Å². The van der Waals surface area contributed by atoms with Gasteiger partial charge in [0.05, 0.1) is 5.56 Å². The molecule has 0 amide bonds. The van der Waals surface area contributed by atoms with Gasteiger partial charge >= 0.3 is 0 Å². The molecule has 2 aliphatic rings. The molecule has 2 aliphatic carbocycles. The van der Waals surface area contributed by atoms with E-state index in [9.17, 15) is 13.9 Å².